The van der Waals surface area contributed by atoms with E-state index < -0.39 is 0 Å². The number of aryl methyl sites for hydroxylation is 4. The quantitative estimate of drug-likeness (QED) is 0.170. The van der Waals surface area contributed by atoms with Crippen LogP contribution in [0.1, 0.15) is 22.3 Å². The number of hydrogen-bond acceptors (Lipinski definition) is 0. The molecule has 0 saturated carbocycles. The van der Waals surface area contributed by atoms with Crippen LogP contribution < -0.4 is 24.8 Å². The summed E-state index contributed by atoms with van der Waals surface area (Å²) in [5.41, 5.74) is 11.0. The van der Waals surface area contributed by atoms with Gasteiger partial charge in [-0.05, 0) is 34.4 Å². The molecule has 3 heteroatoms. The number of benzene rings is 6. The standard InChI is InChI=1S/C42H32.2ClH.Ti/c1-27-25-33-17-7-15-31(41(33)39(27)37-21-9-13-29-11-3-5-19-35(29)37)23-24-32-16-8-18-34-26-28(2)40(42(32)34)38-22-10-14-30-12-4-6-20-36(30)38;;;/h3-22,25-26H,23-24H2,1-2H3;2*1H;/q-2;;;+4/p-2. The molecule has 0 aliphatic rings. The Balaban J connectivity index is 0.00000133. The van der Waals surface area contributed by atoms with E-state index in [9.17, 15) is 0 Å². The molecular weight excluding hydrogens is 623 g/mol. The van der Waals surface area contributed by atoms with Gasteiger partial charge in [0.25, 0.3) is 0 Å². The second kappa shape index (κ2) is 13.4. The summed E-state index contributed by atoms with van der Waals surface area (Å²) in [6.07, 6.45) is 1.99. The van der Waals surface area contributed by atoms with Crippen LogP contribution in [0.2, 0.25) is 0 Å². The number of halogens is 2. The van der Waals surface area contributed by atoms with Gasteiger partial charge in [0.15, 0.2) is 0 Å². The average molecular weight is 655 g/mol. The van der Waals surface area contributed by atoms with Gasteiger partial charge < -0.3 is 24.8 Å². The summed E-state index contributed by atoms with van der Waals surface area (Å²) in [6, 6.07) is 49.4. The van der Waals surface area contributed by atoms with Gasteiger partial charge >= 0.3 is 21.7 Å². The Hall–Kier alpha value is -3.65. The SMILES string of the molecule is Cc1[cH-]c2cccc(CCc3cccc4[cH-]c(C)c(-c5cccc6ccccc56)c34)c2c1-c1cccc2ccccc12.[Cl-].[Cl-].[Ti+4]. The third-order valence-corrected chi connectivity index (χ3v) is 9.18. The summed E-state index contributed by atoms with van der Waals surface area (Å²) >= 11 is 0. The molecule has 0 aliphatic carbocycles. The minimum absolute atomic E-state index is 0. The number of fused-ring (bicyclic) bond motifs is 4. The van der Waals surface area contributed by atoms with Crippen molar-refractivity contribution in [2.45, 2.75) is 26.7 Å². The minimum Gasteiger partial charge on any atom is -1.00 e. The van der Waals surface area contributed by atoms with Crippen LogP contribution >= 0.6 is 0 Å². The second-order valence-corrected chi connectivity index (χ2v) is 11.7. The molecule has 0 aliphatic heterocycles. The first-order valence-electron chi connectivity index (χ1n) is 15.0. The van der Waals surface area contributed by atoms with E-state index in [-0.39, 0.29) is 46.5 Å². The molecule has 0 saturated heterocycles. The van der Waals surface area contributed by atoms with Crippen molar-refractivity contribution in [1.29, 1.82) is 0 Å². The van der Waals surface area contributed by atoms with Crippen LogP contribution in [-0.2, 0) is 34.6 Å². The van der Waals surface area contributed by atoms with Gasteiger partial charge in [-0.25, -0.2) is 0 Å². The molecule has 0 spiro atoms. The first-order valence-corrected chi connectivity index (χ1v) is 15.0. The van der Waals surface area contributed by atoms with Gasteiger partial charge in [0.05, 0.1) is 0 Å². The molecule has 0 atom stereocenters. The fraction of sp³-hybridized carbons (Fsp3) is 0.0952. The van der Waals surface area contributed by atoms with Gasteiger partial charge in [-0.1, -0.05) is 133 Å². The summed E-state index contributed by atoms with van der Waals surface area (Å²) in [5.74, 6) is 0. The van der Waals surface area contributed by atoms with Crippen LogP contribution in [0.5, 0.6) is 0 Å². The Labute approximate surface area is 292 Å². The van der Waals surface area contributed by atoms with Crippen molar-refractivity contribution >= 4 is 43.1 Å². The number of hydrogen-bond donors (Lipinski definition) is 0. The van der Waals surface area contributed by atoms with Gasteiger partial charge in [0, 0.05) is 0 Å². The molecule has 8 aromatic rings. The van der Waals surface area contributed by atoms with Crippen molar-refractivity contribution in [3.63, 3.8) is 0 Å². The predicted octanol–water partition coefficient (Wildman–Crippen LogP) is 5.48. The molecule has 0 bridgehead atoms. The van der Waals surface area contributed by atoms with Crippen molar-refractivity contribution < 1.29 is 46.5 Å². The normalized spacial score (nSPS) is 11.0. The molecular formula is C42H32Cl2Ti. The van der Waals surface area contributed by atoms with E-state index in [1.807, 2.05) is 0 Å². The third kappa shape index (κ3) is 5.56. The molecule has 0 amide bonds. The van der Waals surface area contributed by atoms with Gasteiger partial charge in [0.2, 0.25) is 0 Å². The molecule has 0 unspecified atom stereocenters. The van der Waals surface area contributed by atoms with Crippen LogP contribution in [0.4, 0.5) is 0 Å². The Morgan fingerprint density at radius 1 is 0.444 bits per heavy atom. The summed E-state index contributed by atoms with van der Waals surface area (Å²) in [5, 5.41) is 10.7. The van der Waals surface area contributed by atoms with Gasteiger partial charge in [-0.2, -0.15) is 0 Å². The van der Waals surface area contributed by atoms with Gasteiger partial charge in [-0.15, -0.1) is 80.2 Å². The smallest absolute Gasteiger partial charge is 1.00 e. The summed E-state index contributed by atoms with van der Waals surface area (Å²) < 4.78 is 0. The topological polar surface area (TPSA) is 0 Å². The first-order chi connectivity index (χ1) is 20.7. The Morgan fingerprint density at radius 3 is 1.27 bits per heavy atom. The molecule has 8 aromatic carbocycles. The van der Waals surface area contributed by atoms with Crippen molar-refractivity contribution in [3.05, 3.63) is 156 Å². The molecule has 0 nitrogen and oxygen atoms in total. The van der Waals surface area contributed by atoms with Crippen molar-refractivity contribution in [1.82, 2.24) is 0 Å². The molecule has 0 fully saturated rings. The summed E-state index contributed by atoms with van der Waals surface area (Å²) in [6.45, 7) is 4.54. The van der Waals surface area contributed by atoms with Crippen LogP contribution in [-0.4, -0.2) is 0 Å². The van der Waals surface area contributed by atoms with E-state index in [1.54, 1.807) is 0 Å². The third-order valence-electron chi connectivity index (χ3n) is 9.18. The summed E-state index contributed by atoms with van der Waals surface area (Å²) in [7, 11) is 0. The summed E-state index contributed by atoms with van der Waals surface area (Å²) in [4.78, 5) is 0. The van der Waals surface area contributed by atoms with Gasteiger partial charge in [-0.3, -0.25) is 0 Å². The van der Waals surface area contributed by atoms with Crippen LogP contribution in [0, 0.1) is 13.8 Å². The zero-order chi connectivity index (χ0) is 28.2. The van der Waals surface area contributed by atoms with Crippen molar-refractivity contribution in [2.75, 3.05) is 0 Å². The molecule has 0 aromatic heterocycles. The molecule has 0 N–H and O–H groups in total. The molecule has 0 heterocycles. The van der Waals surface area contributed by atoms with Crippen LogP contribution in [0.15, 0.2) is 133 Å². The molecule has 8 rings (SSSR count). The van der Waals surface area contributed by atoms with E-state index in [0.29, 0.717) is 0 Å². The second-order valence-electron chi connectivity index (χ2n) is 11.7. The average Bonchev–Trinajstić information content (AvgIpc) is 3.55. The zero-order valence-electron chi connectivity index (χ0n) is 25.4. The number of rotatable bonds is 5. The molecule has 45 heavy (non-hydrogen) atoms. The van der Waals surface area contributed by atoms with E-state index in [2.05, 4.69) is 147 Å². The van der Waals surface area contributed by atoms with E-state index in [0.717, 1.165) is 12.8 Å². The largest absolute Gasteiger partial charge is 4.00 e. The molecule has 0 radical (unpaired) electrons. The van der Waals surface area contributed by atoms with Gasteiger partial charge in [0.1, 0.15) is 0 Å². The van der Waals surface area contributed by atoms with E-state index >= 15 is 0 Å². The Kier molecular flexibility index (Phi) is 9.73. The van der Waals surface area contributed by atoms with E-state index in [4.69, 9.17) is 0 Å². The minimum atomic E-state index is 0. The molecule has 218 valence electrons. The first kappa shape index (κ1) is 32.7. The van der Waals surface area contributed by atoms with Crippen LogP contribution in [0.25, 0.3) is 65.3 Å². The fourth-order valence-electron chi connectivity index (χ4n) is 7.36. The van der Waals surface area contributed by atoms with Crippen LogP contribution in [0.3, 0.4) is 0 Å². The van der Waals surface area contributed by atoms with Crippen molar-refractivity contribution in [3.8, 4) is 22.3 Å². The maximum absolute atomic E-state index is 2.37. The zero-order valence-corrected chi connectivity index (χ0v) is 28.4. The van der Waals surface area contributed by atoms with Crippen molar-refractivity contribution in [2.24, 2.45) is 0 Å². The fourth-order valence-corrected chi connectivity index (χ4v) is 7.36. The maximum Gasteiger partial charge on any atom is 4.00 e. The monoisotopic (exact) mass is 654 g/mol. The van der Waals surface area contributed by atoms with E-state index in [1.165, 1.54) is 87.6 Å². The Morgan fingerprint density at radius 2 is 0.822 bits per heavy atom. The maximum atomic E-state index is 2.37. The Bertz CT molecular complexity index is 2110. The predicted molar refractivity (Wildman–Crippen MR) is 182 cm³/mol.